The summed E-state index contributed by atoms with van der Waals surface area (Å²) in [4.78, 5) is 11.1. The van der Waals surface area contributed by atoms with Crippen LogP contribution in [0.25, 0.3) is 0 Å². The first-order chi connectivity index (χ1) is 6.34. The van der Waals surface area contributed by atoms with Crippen LogP contribution in [0.3, 0.4) is 0 Å². The van der Waals surface area contributed by atoms with Crippen molar-refractivity contribution < 1.29 is 9.53 Å². The van der Waals surface area contributed by atoms with Crippen molar-refractivity contribution in [1.82, 2.24) is 0 Å². The third kappa shape index (κ3) is 14.0. The smallest absolute Gasteiger partial charge is 0.311 e. The van der Waals surface area contributed by atoms with Crippen LogP contribution < -0.4 is 0 Å². The van der Waals surface area contributed by atoms with Gasteiger partial charge in [0.05, 0.1) is 11.5 Å². The van der Waals surface area contributed by atoms with Crippen molar-refractivity contribution in [2.75, 3.05) is 0 Å². The molecule has 0 aliphatic heterocycles. The summed E-state index contributed by atoms with van der Waals surface area (Å²) >= 11 is 0. The molecule has 0 aliphatic rings. The average molecular weight is 204 g/mol. The van der Waals surface area contributed by atoms with Crippen LogP contribution >= 0.6 is 0 Å². The lowest BCUT2D eigenvalue weighted by atomic mass is 9.97. The second-order valence-corrected chi connectivity index (χ2v) is 3.70. The largest absolute Gasteiger partial charge is 0.463 e. The van der Waals surface area contributed by atoms with E-state index < -0.39 is 0 Å². The van der Waals surface area contributed by atoms with E-state index in [2.05, 4.69) is 0 Å². The molecule has 0 rings (SSSR count). The Kier molecular flexibility index (Phi) is 14.4. The maximum atomic E-state index is 11.1. The first kappa shape index (κ1) is 19.1. The molecule has 14 heavy (non-hydrogen) atoms. The molecule has 0 fully saturated rings. The van der Waals surface area contributed by atoms with Crippen LogP contribution in [-0.4, -0.2) is 12.1 Å². The third-order valence-electron chi connectivity index (χ3n) is 0.955. The maximum Gasteiger partial charge on any atom is 0.311 e. The van der Waals surface area contributed by atoms with Crippen LogP contribution in [0.2, 0.25) is 0 Å². The highest BCUT2D eigenvalue weighted by molar-refractivity contribution is 5.75. The number of carbonyl (C=O) groups excluding carboxylic acids is 1. The zero-order chi connectivity index (χ0) is 12.4. The Hall–Kier alpha value is -0.530. The molecule has 0 aromatic carbocycles. The van der Waals surface area contributed by atoms with Crippen LogP contribution in [0.15, 0.2) is 0 Å². The highest BCUT2D eigenvalue weighted by atomic mass is 16.5. The van der Waals surface area contributed by atoms with Crippen molar-refractivity contribution in [3.8, 4) is 0 Å². The quantitative estimate of drug-likeness (QED) is 0.603. The maximum absolute atomic E-state index is 11.1. The van der Waals surface area contributed by atoms with Crippen molar-refractivity contribution in [3.05, 3.63) is 0 Å². The number of carbonyl (C=O) groups is 1. The van der Waals surface area contributed by atoms with Gasteiger partial charge in [0.1, 0.15) is 0 Å². The molecule has 0 unspecified atom stereocenters. The van der Waals surface area contributed by atoms with Gasteiger partial charge in [0, 0.05) is 0 Å². The van der Waals surface area contributed by atoms with E-state index in [1.807, 2.05) is 62.3 Å². The first-order valence-electron chi connectivity index (χ1n) is 5.55. The Labute approximate surface area is 90.0 Å². The Morgan fingerprint density at radius 2 is 1.29 bits per heavy atom. The van der Waals surface area contributed by atoms with E-state index in [0.29, 0.717) is 0 Å². The molecule has 0 radical (unpaired) electrons. The van der Waals surface area contributed by atoms with E-state index >= 15 is 0 Å². The van der Waals surface area contributed by atoms with E-state index in [9.17, 15) is 4.79 Å². The van der Waals surface area contributed by atoms with Gasteiger partial charge in [0.25, 0.3) is 0 Å². The van der Waals surface area contributed by atoms with Crippen molar-refractivity contribution >= 4 is 5.97 Å². The molecular weight excluding hydrogens is 176 g/mol. The van der Waals surface area contributed by atoms with Crippen molar-refractivity contribution in [3.63, 3.8) is 0 Å². The van der Waals surface area contributed by atoms with E-state index in [0.717, 1.165) is 0 Å². The summed E-state index contributed by atoms with van der Waals surface area (Å²) in [7, 11) is 0. The molecule has 0 heterocycles. The first-order valence-corrected chi connectivity index (χ1v) is 5.55. The zero-order valence-electron chi connectivity index (χ0n) is 11.4. The van der Waals surface area contributed by atoms with Crippen LogP contribution in [0.1, 0.15) is 62.3 Å². The summed E-state index contributed by atoms with van der Waals surface area (Å²) in [6, 6.07) is 0. The highest BCUT2D eigenvalue weighted by Crippen LogP contribution is 2.15. The standard InChI is InChI=1S/C8H16O2.2C2H6/c1-6(2)10-7(9)8(3,4)5;2*1-2/h6H,1-5H3;2*1-2H3. The molecule has 0 N–H and O–H groups in total. The Morgan fingerprint density at radius 1 is 1.00 bits per heavy atom. The van der Waals surface area contributed by atoms with Gasteiger partial charge < -0.3 is 4.74 Å². The van der Waals surface area contributed by atoms with Crippen LogP contribution in [0.4, 0.5) is 0 Å². The van der Waals surface area contributed by atoms with Crippen molar-refractivity contribution in [2.24, 2.45) is 5.41 Å². The van der Waals surface area contributed by atoms with E-state index in [1.54, 1.807) is 0 Å². The van der Waals surface area contributed by atoms with Gasteiger partial charge in [-0.2, -0.15) is 0 Å². The van der Waals surface area contributed by atoms with Crippen molar-refractivity contribution in [2.45, 2.75) is 68.4 Å². The SMILES string of the molecule is CC.CC.CC(C)OC(=O)C(C)(C)C. The minimum atomic E-state index is -0.371. The van der Waals surface area contributed by atoms with E-state index in [-0.39, 0.29) is 17.5 Å². The fourth-order valence-corrected chi connectivity index (χ4v) is 0.391. The van der Waals surface area contributed by atoms with E-state index in [4.69, 9.17) is 4.74 Å². The minimum Gasteiger partial charge on any atom is -0.463 e. The Morgan fingerprint density at radius 3 is 1.36 bits per heavy atom. The number of rotatable bonds is 1. The molecule has 0 aromatic heterocycles. The van der Waals surface area contributed by atoms with Crippen LogP contribution in [-0.2, 0) is 9.53 Å². The lowest BCUT2D eigenvalue weighted by molar-refractivity contribution is -0.156. The average Bonchev–Trinajstić information content (AvgIpc) is 2.09. The van der Waals surface area contributed by atoms with Crippen LogP contribution in [0.5, 0.6) is 0 Å². The second-order valence-electron chi connectivity index (χ2n) is 3.70. The summed E-state index contributed by atoms with van der Waals surface area (Å²) in [5.41, 5.74) is -0.371. The van der Waals surface area contributed by atoms with Gasteiger partial charge >= 0.3 is 5.97 Å². The van der Waals surface area contributed by atoms with Gasteiger partial charge in [-0.3, -0.25) is 4.79 Å². The second kappa shape index (κ2) is 10.6. The minimum absolute atomic E-state index is 0.00766. The van der Waals surface area contributed by atoms with Gasteiger partial charge in [-0.05, 0) is 34.6 Å². The van der Waals surface area contributed by atoms with Gasteiger partial charge in [0.2, 0.25) is 0 Å². The molecule has 0 aromatic rings. The van der Waals surface area contributed by atoms with Gasteiger partial charge in [0.15, 0.2) is 0 Å². The molecule has 2 heteroatoms. The number of hydrogen-bond acceptors (Lipinski definition) is 2. The topological polar surface area (TPSA) is 26.3 Å². The number of ether oxygens (including phenoxy) is 1. The Balaban J connectivity index is -0.000000266. The summed E-state index contributed by atoms with van der Waals surface area (Å²) < 4.78 is 4.98. The molecule has 0 atom stereocenters. The predicted octanol–water partition coefficient (Wildman–Crippen LogP) is 4.04. The molecule has 0 spiro atoms. The molecule has 0 aliphatic carbocycles. The third-order valence-corrected chi connectivity index (χ3v) is 0.955. The normalized spacial score (nSPS) is 9.29. The fraction of sp³-hybridized carbons (Fsp3) is 0.917. The van der Waals surface area contributed by atoms with Gasteiger partial charge in [-0.15, -0.1) is 0 Å². The molecule has 2 nitrogen and oxygen atoms in total. The summed E-state index contributed by atoms with van der Waals surface area (Å²) in [6.07, 6.45) is -0.00766. The van der Waals surface area contributed by atoms with Crippen molar-refractivity contribution in [1.29, 1.82) is 0 Å². The molecule has 0 saturated heterocycles. The molecule has 0 amide bonds. The summed E-state index contributed by atoms with van der Waals surface area (Å²) in [5.74, 6) is -0.137. The molecular formula is C12H28O2. The lowest BCUT2D eigenvalue weighted by Crippen LogP contribution is -2.25. The fourth-order valence-electron chi connectivity index (χ4n) is 0.391. The molecule has 0 bridgehead atoms. The molecule has 88 valence electrons. The van der Waals surface area contributed by atoms with E-state index in [1.165, 1.54) is 0 Å². The van der Waals surface area contributed by atoms with Gasteiger partial charge in [-0.25, -0.2) is 0 Å². The summed E-state index contributed by atoms with van der Waals surface area (Å²) in [6.45, 7) is 17.2. The summed E-state index contributed by atoms with van der Waals surface area (Å²) in [5, 5.41) is 0. The van der Waals surface area contributed by atoms with Gasteiger partial charge in [-0.1, -0.05) is 27.7 Å². The molecule has 0 saturated carbocycles. The lowest BCUT2D eigenvalue weighted by Gasteiger charge is -2.18. The Bertz CT molecular complexity index is 121. The monoisotopic (exact) mass is 204 g/mol. The zero-order valence-corrected chi connectivity index (χ0v) is 11.4. The number of hydrogen-bond donors (Lipinski definition) is 0. The highest BCUT2D eigenvalue weighted by Gasteiger charge is 2.23. The number of esters is 1. The van der Waals surface area contributed by atoms with Crippen LogP contribution in [0, 0.1) is 5.41 Å². The predicted molar refractivity (Wildman–Crippen MR) is 63.4 cm³/mol.